The second-order valence-electron chi connectivity index (χ2n) is 5.70. The fourth-order valence-corrected chi connectivity index (χ4v) is 2.71. The first kappa shape index (κ1) is 13.2. The lowest BCUT2D eigenvalue weighted by Gasteiger charge is -2.27. The lowest BCUT2D eigenvalue weighted by molar-refractivity contribution is 0.0677. The Balaban J connectivity index is 2.30. The molecule has 1 aliphatic carbocycles. The maximum absolute atomic E-state index is 12.1. The van der Waals surface area contributed by atoms with E-state index in [4.69, 9.17) is 5.73 Å². The van der Waals surface area contributed by atoms with Gasteiger partial charge in [0.1, 0.15) is 5.69 Å². The first-order chi connectivity index (χ1) is 8.50. The van der Waals surface area contributed by atoms with Crippen LogP contribution in [0.1, 0.15) is 51.3 Å². The molecule has 0 aliphatic heterocycles. The Labute approximate surface area is 107 Å². The molecule has 0 amide bonds. The molecule has 2 rings (SSSR count). The summed E-state index contributed by atoms with van der Waals surface area (Å²) in [6.45, 7) is 4.18. The third kappa shape index (κ3) is 2.46. The molecule has 1 aromatic rings. The summed E-state index contributed by atoms with van der Waals surface area (Å²) < 4.78 is 1.54. The van der Waals surface area contributed by atoms with E-state index in [0.29, 0.717) is 11.6 Å². The molecule has 5 nitrogen and oxygen atoms in total. The van der Waals surface area contributed by atoms with Gasteiger partial charge < -0.3 is 10.8 Å². The summed E-state index contributed by atoms with van der Waals surface area (Å²) in [5.74, 6) is 0.440. The van der Waals surface area contributed by atoms with E-state index in [1.165, 1.54) is 4.68 Å². The summed E-state index contributed by atoms with van der Waals surface area (Å²) in [5.41, 5.74) is 6.78. The van der Waals surface area contributed by atoms with Gasteiger partial charge in [-0.15, -0.1) is 0 Å². The van der Waals surface area contributed by atoms with E-state index >= 15 is 0 Å². The van der Waals surface area contributed by atoms with Gasteiger partial charge in [0, 0.05) is 0 Å². The summed E-state index contributed by atoms with van der Waals surface area (Å²) >= 11 is 0. The van der Waals surface area contributed by atoms with E-state index in [2.05, 4.69) is 18.9 Å². The first-order valence-corrected chi connectivity index (χ1v) is 6.77. The Morgan fingerprint density at radius 3 is 2.72 bits per heavy atom. The molecular formula is C13H23N3O2. The molecule has 4 N–H and O–H groups in total. The van der Waals surface area contributed by atoms with Crippen LogP contribution >= 0.6 is 0 Å². The second-order valence-corrected chi connectivity index (χ2v) is 5.70. The number of anilines is 1. The van der Waals surface area contributed by atoms with Crippen molar-refractivity contribution in [2.24, 2.45) is 5.92 Å². The summed E-state index contributed by atoms with van der Waals surface area (Å²) in [4.78, 5) is 12.1. The molecule has 1 fully saturated rings. The van der Waals surface area contributed by atoms with E-state index in [1.807, 2.05) is 0 Å². The molecule has 1 aliphatic rings. The molecule has 0 bridgehead atoms. The van der Waals surface area contributed by atoms with Gasteiger partial charge in [-0.25, -0.2) is 4.68 Å². The van der Waals surface area contributed by atoms with Crippen LogP contribution in [0.5, 0.6) is 0 Å². The van der Waals surface area contributed by atoms with Crippen molar-refractivity contribution in [3.63, 3.8) is 0 Å². The molecule has 2 unspecified atom stereocenters. The Kier molecular flexibility index (Phi) is 3.80. The maximum Gasteiger partial charge on any atom is 0.290 e. The smallest absolute Gasteiger partial charge is 0.290 e. The number of aromatic nitrogens is 2. The number of hydrogen-bond donors (Lipinski definition) is 3. The quantitative estimate of drug-likeness (QED) is 0.762. The molecule has 1 saturated carbocycles. The summed E-state index contributed by atoms with van der Waals surface area (Å²) in [7, 11) is 0. The van der Waals surface area contributed by atoms with Crippen LogP contribution in [0, 0.1) is 5.92 Å². The maximum atomic E-state index is 12.1. The van der Waals surface area contributed by atoms with Crippen molar-refractivity contribution in [2.75, 3.05) is 5.73 Å². The summed E-state index contributed by atoms with van der Waals surface area (Å²) in [5, 5.41) is 13.1. The fraction of sp³-hybridized carbons (Fsp3) is 0.769. The van der Waals surface area contributed by atoms with Crippen LogP contribution in [0.3, 0.4) is 0 Å². The zero-order valence-corrected chi connectivity index (χ0v) is 11.1. The molecule has 5 heteroatoms. The third-order valence-electron chi connectivity index (χ3n) is 3.67. The first-order valence-electron chi connectivity index (χ1n) is 6.77. The van der Waals surface area contributed by atoms with Crippen molar-refractivity contribution in [1.82, 2.24) is 9.78 Å². The lowest BCUT2D eigenvalue weighted by atomic mass is 9.93. The highest BCUT2D eigenvalue weighted by Gasteiger charge is 2.27. The van der Waals surface area contributed by atoms with Crippen molar-refractivity contribution in [3.8, 4) is 0 Å². The third-order valence-corrected chi connectivity index (χ3v) is 3.67. The minimum Gasteiger partial charge on any atom is -0.393 e. The number of H-pyrrole nitrogens is 1. The molecule has 2 atom stereocenters. The monoisotopic (exact) mass is 253 g/mol. The fourth-order valence-electron chi connectivity index (χ4n) is 2.71. The number of aliphatic hydroxyl groups is 1. The number of nitrogens with zero attached hydrogens (tertiary/aromatic N) is 1. The largest absolute Gasteiger partial charge is 0.393 e. The SMILES string of the molecule is CC(C)Cc1[nH]n(C2CCCCC2O)c(=O)c1N. The van der Waals surface area contributed by atoms with Crippen molar-refractivity contribution in [3.05, 3.63) is 16.0 Å². The van der Waals surface area contributed by atoms with Crippen molar-refractivity contribution in [2.45, 2.75) is 58.1 Å². The Morgan fingerprint density at radius 1 is 1.44 bits per heavy atom. The summed E-state index contributed by atoms with van der Waals surface area (Å²) in [6.07, 6.45) is 3.99. The highest BCUT2D eigenvalue weighted by atomic mass is 16.3. The van der Waals surface area contributed by atoms with Gasteiger partial charge in [0.25, 0.3) is 5.56 Å². The molecule has 0 saturated heterocycles. The number of aromatic amines is 1. The van der Waals surface area contributed by atoms with Crippen LogP contribution in [-0.4, -0.2) is 21.0 Å². The average Bonchev–Trinajstić information content (AvgIpc) is 2.58. The zero-order chi connectivity index (χ0) is 13.3. The number of nitrogens with two attached hydrogens (primary N) is 1. The molecule has 1 heterocycles. The topological polar surface area (TPSA) is 84.0 Å². The van der Waals surface area contributed by atoms with Crippen molar-refractivity contribution < 1.29 is 5.11 Å². The predicted octanol–water partition coefficient (Wildman–Crippen LogP) is 1.43. The molecule has 1 aromatic heterocycles. The minimum atomic E-state index is -0.443. The molecule has 0 radical (unpaired) electrons. The van der Waals surface area contributed by atoms with Gasteiger partial charge in [-0.2, -0.15) is 0 Å². The number of nitrogen functional groups attached to an aromatic ring is 1. The van der Waals surface area contributed by atoms with Crippen LogP contribution in [0.15, 0.2) is 4.79 Å². The van der Waals surface area contributed by atoms with Gasteiger partial charge in [-0.1, -0.05) is 26.7 Å². The van der Waals surface area contributed by atoms with E-state index in [-0.39, 0.29) is 11.6 Å². The molecule has 0 aromatic carbocycles. The predicted molar refractivity (Wildman–Crippen MR) is 71.5 cm³/mol. The van der Waals surface area contributed by atoms with Gasteiger partial charge in [0.05, 0.1) is 17.8 Å². The van der Waals surface area contributed by atoms with E-state index in [1.54, 1.807) is 0 Å². The van der Waals surface area contributed by atoms with E-state index < -0.39 is 6.10 Å². The average molecular weight is 253 g/mol. The van der Waals surface area contributed by atoms with E-state index in [9.17, 15) is 9.90 Å². The van der Waals surface area contributed by atoms with Gasteiger partial charge in [-0.05, 0) is 25.2 Å². The van der Waals surface area contributed by atoms with Crippen LogP contribution < -0.4 is 11.3 Å². The zero-order valence-electron chi connectivity index (χ0n) is 11.1. The second kappa shape index (κ2) is 5.18. The molecule has 102 valence electrons. The summed E-state index contributed by atoms with van der Waals surface area (Å²) in [6, 6.07) is -0.144. The Bertz CT molecular complexity index is 461. The van der Waals surface area contributed by atoms with Crippen molar-refractivity contribution in [1.29, 1.82) is 0 Å². The number of hydrogen-bond acceptors (Lipinski definition) is 3. The van der Waals surface area contributed by atoms with Crippen LogP contribution in [0.25, 0.3) is 0 Å². The number of aliphatic hydroxyl groups excluding tert-OH is 1. The molecule has 0 spiro atoms. The van der Waals surface area contributed by atoms with Crippen molar-refractivity contribution >= 4 is 5.69 Å². The molecule has 18 heavy (non-hydrogen) atoms. The van der Waals surface area contributed by atoms with E-state index in [0.717, 1.165) is 37.8 Å². The van der Waals surface area contributed by atoms with Gasteiger partial charge in [0.2, 0.25) is 0 Å². The molecular weight excluding hydrogens is 230 g/mol. The minimum absolute atomic E-state index is 0.144. The van der Waals surface area contributed by atoms with Gasteiger partial charge >= 0.3 is 0 Å². The van der Waals surface area contributed by atoms with Crippen LogP contribution in [0.2, 0.25) is 0 Å². The highest BCUT2D eigenvalue weighted by Crippen LogP contribution is 2.27. The lowest BCUT2D eigenvalue weighted by Crippen LogP contribution is -2.34. The number of nitrogens with one attached hydrogen (secondary N) is 1. The highest BCUT2D eigenvalue weighted by molar-refractivity contribution is 5.41. The Hall–Kier alpha value is -1.23. The van der Waals surface area contributed by atoms with Crippen LogP contribution in [-0.2, 0) is 6.42 Å². The Morgan fingerprint density at radius 2 is 2.11 bits per heavy atom. The normalized spacial score (nSPS) is 24.7. The number of rotatable bonds is 3. The van der Waals surface area contributed by atoms with Gasteiger partial charge in [-0.3, -0.25) is 9.89 Å². The van der Waals surface area contributed by atoms with Crippen LogP contribution in [0.4, 0.5) is 5.69 Å². The standard InChI is InChI=1S/C13H23N3O2/c1-8(2)7-9-12(14)13(18)16(15-9)10-5-3-4-6-11(10)17/h8,10-11,15,17H,3-7,14H2,1-2H3. The van der Waals surface area contributed by atoms with Gasteiger partial charge in [0.15, 0.2) is 0 Å².